The van der Waals surface area contributed by atoms with E-state index in [1.165, 1.54) is 7.11 Å². The maximum Gasteiger partial charge on any atom is 0.339 e. The van der Waals surface area contributed by atoms with Gasteiger partial charge in [-0.25, -0.2) is 9.78 Å². The number of ether oxygens (including phenoxy) is 4. The van der Waals surface area contributed by atoms with Gasteiger partial charge in [-0.2, -0.15) is 9.61 Å². The molecule has 5 heterocycles. The second-order valence-corrected chi connectivity index (χ2v) is 13.8. The zero-order chi connectivity index (χ0) is 33.3. The molecule has 47 heavy (non-hydrogen) atoms. The number of piperidine rings is 1. The Balaban J connectivity index is 1.54. The molecule has 3 aliphatic heterocycles. The maximum atomic E-state index is 13.4. The number of esters is 1. The largest absolute Gasteiger partial charge is 0.490 e. The average Bonchev–Trinajstić information content (AvgIpc) is 3.46. The Hall–Kier alpha value is -4.21. The minimum Gasteiger partial charge on any atom is -0.490 e. The lowest BCUT2D eigenvalue weighted by Crippen LogP contribution is -2.45. The summed E-state index contributed by atoms with van der Waals surface area (Å²) in [7, 11) is 1.39. The van der Waals surface area contributed by atoms with Crippen molar-refractivity contribution in [2.24, 2.45) is 0 Å². The number of hydrogen-bond donors (Lipinski definition) is 0. The van der Waals surface area contributed by atoms with Crippen molar-refractivity contribution < 1.29 is 23.7 Å². The predicted octanol–water partition coefficient (Wildman–Crippen LogP) is 7.50. The molecule has 0 N–H and O–H groups in total. The molecule has 2 aromatic carbocycles. The summed E-state index contributed by atoms with van der Waals surface area (Å²) in [4.78, 5) is 20.7. The minimum atomic E-state index is -0.984. The Bertz CT molecular complexity index is 1780. The van der Waals surface area contributed by atoms with Crippen molar-refractivity contribution in [1.29, 1.82) is 0 Å². The van der Waals surface area contributed by atoms with Crippen LogP contribution in [-0.4, -0.2) is 64.7 Å². The van der Waals surface area contributed by atoms with Crippen molar-refractivity contribution in [2.45, 2.75) is 84.2 Å². The van der Waals surface area contributed by atoms with E-state index in [9.17, 15) is 4.79 Å². The topological polar surface area (TPSA) is 87.4 Å². The Morgan fingerprint density at radius 3 is 2.53 bits per heavy atom. The number of nitrogens with zero attached hydrogens (tertiary/aromatic N) is 4. The molecule has 7 rings (SSSR count). The Morgan fingerprint density at radius 2 is 1.79 bits per heavy atom. The van der Waals surface area contributed by atoms with Crippen molar-refractivity contribution in [3.63, 3.8) is 0 Å². The number of aryl methyl sites for hydroxylation is 1. The number of para-hydroxylation sites is 1. The summed E-state index contributed by atoms with van der Waals surface area (Å²) >= 11 is 0. The number of hydrogen-bond acceptors (Lipinski definition) is 8. The highest BCUT2D eigenvalue weighted by atomic mass is 16.6. The molecule has 0 saturated carbocycles. The van der Waals surface area contributed by atoms with Gasteiger partial charge in [-0.1, -0.05) is 48.6 Å². The number of fused-ring (bicyclic) bond motifs is 7. The van der Waals surface area contributed by atoms with E-state index in [0.717, 1.165) is 53.2 Å². The first-order valence-electron chi connectivity index (χ1n) is 16.5. The second-order valence-electron chi connectivity index (χ2n) is 13.8. The van der Waals surface area contributed by atoms with Crippen molar-refractivity contribution in [3.8, 4) is 28.1 Å². The summed E-state index contributed by atoms with van der Waals surface area (Å²) in [5.41, 5.74) is 4.93. The van der Waals surface area contributed by atoms with Crippen LogP contribution in [-0.2, 0) is 19.0 Å². The zero-order valence-electron chi connectivity index (χ0n) is 28.6. The number of anilines is 1. The third-order valence-electron chi connectivity index (χ3n) is 8.92. The van der Waals surface area contributed by atoms with Gasteiger partial charge >= 0.3 is 5.97 Å². The standard InChI is InChI=1S/C38H46N4O5/c1-25-13-10-11-22-45-38(6)18-20-41(21-19-38)35-33(34(36(43)44-7)47-37(3,4)5)26(2)39-32-24-30(40-42(32)35)28-15-12-14-27(23-28)29-16-8-9-17-31(29)46-25/h8-12,14-17,23-25,34H,13,18-22H2,1-7H3/t25-,34-/m0/s1. The van der Waals surface area contributed by atoms with Crippen molar-refractivity contribution >= 4 is 17.4 Å². The molecule has 9 heteroatoms. The number of aromatic nitrogens is 3. The number of rotatable bonds is 3. The second kappa shape index (κ2) is 13.1. The molecule has 0 amide bonds. The fourth-order valence-corrected chi connectivity index (χ4v) is 6.41. The van der Waals surface area contributed by atoms with E-state index in [4.69, 9.17) is 29.0 Å². The van der Waals surface area contributed by atoms with Gasteiger partial charge in [-0.3, -0.25) is 0 Å². The van der Waals surface area contributed by atoms with Gasteiger partial charge in [0.05, 0.1) is 42.3 Å². The lowest BCUT2D eigenvalue weighted by Gasteiger charge is -2.41. The first-order chi connectivity index (χ1) is 22.4. The summed E-state index contributed by atoms with van der Waals surface area (Å²) in [5, 5.41) is 5.16. The Morgan fingerprint density at radius 1 is 1.04 bits per heavy atom. The van der Waals surface area contributed by atoms with Gasteiger partial charge in [-0.15, -0.1) is 0 Å². The van der Waals surface area contributed by atoms with Gasteiger partial charge in [0.15, 0.2) is 11.8 Å². The molecule has 2 atom stereocenters. The summed E-state index contributed by atoms with van der Waals surface area (Å²) in [6.07, 6.45) is 5.63. The van der Waals surface area contributed by atoms with Gasteiger partial charge in [0.1, 0.15) is 11.6 Å². The summed E-state index contributed by atoms with van der Waals surface area (Å²) < 4.78 is 26.5. The number of carbonyl (C=O) groups excluding carboxylic acids is 1. The van der Waals surface area contributed by atoms with E-state index >= 15 is 0 Å². The monoisotopic (exact) mass is 638 g/mol. The van der Waals surface area contributed by atoms with Crippen LogP contribution in [0.3, 0.4) is 0 Å². The first-order valence-corrected chi connectivity index (χ1v) is 16.5. The molecule has 1 saturated heterocycles. The van der Waals surface area contributed by atoms with E-state index in [-0.39, 0.29) is 11.7 Å². The van der Waals surface area contributed by atoms with Gasteiger partial charge in [0.25, 0.3) is 0 Å². The molecule has 1 fully saturated rings. The highest BCUT2D eigenvalue weighted by Crippen LogP contribution is 2.39. The van der Waals surface area contributed by atoms with E-state index in [2.05, 4.69) is 55.2 Å². The molecule has 0 spiro atoms. The molecule has 0 unspecified atom stereocenters. The van der Waals surface area contributed by atoms with Crippen LogP contribution in [0, 0.1) is 6.92 Å². The van der Waals surface area contributed by atoms with Crippen LogP contribution in [0.15, 0.2) is 66.7 Å². The van der Waals surface area contributed by atoms with Crippen LogP contribution in [0.5, 0.6) is 5.75 Å². The first kappa shape index (κ1) is 32.7. The van der Waals surface area contributed by atoms with Crippen molar-refractivity contribution in [2.75, 3.05) is 31.7 Å². The smallest absolute Gasteiger partial charge is 0.339 e. The van der Waals surface area contributed by atoms with Gasteiger partial charge in [0, 0.05) is 42.4 Å². The van der Waals surface area contributed by atoms with Gasteiger partial charge in [0.2, 0.25) is 0 Å². The minimum absolute atomic E-state index is 0.00328. The summed E-state index contributed by atoms with van der Waals surface area (Å²) in [6.45, 7) is 14.0. The van der Waals surface area contributed by atoms with Gasteiger partial charge in [-0.05, 0) is 72.1 Å². The lowest BCUT2D eigenvalue weighted by molar-refractivity contribution is -0.164. The maximum absolute atomic E-state index is 13.4. The Kier molecular flexibility index (Phi) is 9.14. The number of carbonyl (C=O) groups is 1. The highest BCUT2D eigenvalue weighted by Gasteiger charge is 2.38. The normalized spacial score (nSPS) is 20.9. The molecule has 0 radical (unpaired) electrons. The van der Waals surface area contributed by atoms with Crippen molar-refractivity contribution in [1.82, 2.24) is 14.6 Å². The highest BCUT2D eigenvalue weighted by molar-refractivity contribution is 5.81. The fourth-order valence-electron chi connectivity index (χ4n) is 6.41. The molecule has 6 bridgehead atoms. The molecule has 9 nitrogen and oxygen atoms in total. The average molecular weight is 639 g/mol. The molecule has 4 aromatic rings. The fraction of sp³-hybridized carbons (Fsp3) is 0.447. The van der Waals surface area contributed by atoms with E-state index in [1.54, 1.807) is 0 Å². The summed E-state index contributed by atoms with van der Waals surface area (Å²) in [5.74, 6) is 1.15. The molecule has 0 aliphatic carbocycles. The summed E-state index contributed by atoms with van der Waals surface area (Å²) in [6, 6.07) is 18.5. The molecule has 248 valence electrons. The third-order valence-corrected chi connectivity index (χ3v) is 8.92. The molecular weight excluding hydrogens is 592 g/mol. The Labute approximate surface area is 277 Å². The third kappa shape index (κ3) is 7.06. The quantitative estimate of drug-likeness (QED) is 0.168. The molecule has 2 aromatic heterocycles. The van der Waals surface area contributed by atoms with E-state index in [0.29, 0.717) is 36.6 Å². The van der Waals surface area contributed by atoms with Crippen LogP contribution in [0.25, 0.3) is 28.0 Å². The van der Waals surface area contributed by atoms with Crippen LogP contribution in [0.4, 0.5) is 5.82 Å². The van der Waals surface area contributed by atoms with E-state index in [1.807, 2.05) is 62.5 Å². The van der Waals surface area contributed by atoms with E-state index < -0.39 is 17.7 Å². The van der Waals surface area contributed by atoms with Crippen LogP contribution in [0.2, 0.25) is 0 Å². The van der Waals surface area contributed by atoms with Crippen LogP contribution >= 0.6 is 0 Å². The van der Waals surface area contributed by atoms with Gasteiger partial charge < -0.3 is 23.8 Å². The lowest BCUT2D eigenvalue weighted by atomic mass is 9.92. The number of benzene rings is 2. The van der Waals surface area contributed by atoms with Crippen LogP contribution in [0.1, 0.15) is 71.2 Å². The molecular formula is C38H46N4O5. The van der Waals surface area contributed by atoms with Crippen molar-refractivity contribution in [3.05, 3.63) is 78.0 Å². The van der Waals surface area contributed by atoms with Crippen LogP contribution < -0.4 is 9.64 Å². The predicted molar refractivity (Wildman–Crippen MR) is 184 cm³/mol. The zero-order valence-corrected chi connectivity index (χ0v) is 28.6. The molecule has 3 aliphatic rings. The number of methoxy groups -OCH3 is 1. The SMILES string of the molecule is COC(=O)[C@@H](OC(C)(C)C)c1c(C)nc2cc3nn2c1N1CCC(C)(CC1)OCC=CC[C@H](C)Oc1ccccc1-c1cccc-3c1.